The van der Waals surface area contributed by atoms with Gasteiger partial charge in [0.1, 0.15) is 36.4 Å². The third-order valence-electron chi connectivity index (χ3n) is 9.76. The molecule has 0 radical (unpaired) electrons. The van der Waals surface area contributed by atoms with E-state index in [4.69, 9.17) is 43.9 Å². The van der Waals surface area contributed by atoms with Gasteiger partial charge in [-0.15, -0.1) is 0 Å². The van der Waals surface area contributed by atoms with E-state index in [1.54, 1.807) is 13.8 Å². The predicted octanol–water partition coefficient (Wildman–Crippen LogP) is -8.82. The van der Waals surface area contributed by atoms with Gasteiger partial charge in [0.15, 0.2) is 12.6 Å². The normalized spacial score (nSPS) is 28.2. The first-order valence-electron chi connectivity index (χ1n) is 19.1. The second-order valence-electron chi connectivity index (χ2n) is 14.5. The van der Waals surface area contributed by atoms with Gasteiger partial charge in [0.05, 0.1) is 37.0 Å². The average Bonchev–Trinajstić information content (AvgIpc) is 3.18. The first-order chi connectivity index (χ1) is 27.9. The Labute approximate surface area is 344 Å². The van der Waals surface area contributed by atoms with Gasteiger partial charge < -0.3 is 95.8 Å². The van der Waals surface area contributed by atoms with Gasteiger partial charge in [-0.25, -0.2) is 0 Å². The number of nitrogens with one attached hydrogen (secondary N) is 4. The Morgan fingerprint density at radius 1 is 0.583 bits per heavy atom. The van der Waals surface area contributed by atoms with E-state index >= 15 is 0 Å². The Morgan fingerprint density at radius 2 is 1.02 bits per heavy atom. The highest BCUT2D eigenvalue weighted by Crippen LogP contribution is 2.25. The van der Waals surface area contributed by atoms with Crippen molar-refractivity contribution in [1.82, 2.24) is 21.3 Å². The summed E-state index contributed by atoms with van der Waals surface area (Å²) < 4.78 is 10.4. The Bertz CT molecular complexity index is 1480. The number of ether oxygens (including phenoxy) is 2. The third kappa shape index (κ3) is 17.5. The number of carbonyl (C=O) groups excluding carboxylic acids is 8. The van der Waals surface area contributed by atoms with E-state index in [-0.39, 0.29) is 51.4 Å². The molecule has 0 aromatic heterocycles. The molecule has 0 saturated carbocycles. The monoisotopic (exact) mass is 866 g/mol. The van der Waals surface area contributed by atoms with E-state index in [0.29, 0.717) is 6.42 Å². The summed E-state index contributed by atoms with van der Waals surface area (Å²) in [5, 5.41) is 69.1. The van der Waals surface area contributed by atoms with Crippen molar-refractivity contribution in [2.24, 2.45) is 40.3 Å². The maximum atomic E-state index is 12.7. The van der Waals surface area contributed by atoms with E-state index in [0.717, 1.165) is 0 Å². The summed E-state index contributed by atoms with van der Waals surface area (Å²) in [4.78, 5) is 93.4. The number of primary amides is 4. The minimum atomic E-state index is -1.61. The lowest BCUT2D eigenvalue weighted by Gasteiger charge is -2.41. The van der Waals surface area contributed by atoms with Crippen molar-refractivity contribution in [3.05, 3.63) is 0 Å². The van der Waals surface area contributed by atoms with Crippen molar-refractivity contribution < 1.29 is 78.5 Å². The molecule has 0 bridgehead atoms. The zero-order valence-corrected chi connectivity index (χ0v) is 33.4. The van der Waals surface area contributed by atoms with Gasteiger partial charge in [0.25, 0.3) is 0 Å². The zero-order valence-electron chi connectivity index (χ0n) is 33.4. The topological polar surface area (TPSA) is 481 Å². The fraction of sp³-hybridized carbons (Fsp3) is 0.765. The summed E-state index contributed by atoms with van der Waals surface area (Å²) in [6, 6.07) is -7.21. The minimum Gasteiger partial charge on any atom is -0.394 e. The summed E-state index contributed by atoms with van der Waals surface area (Å²) in [7, 11) is 0. The molecule has 0 aromatic rings. The van der Waals surface area contributed by atoms with Crippen LogP contribution < -0.4 is 55.7 Å². The SMILES string of the molecule is CC1C(CO)OC(O)C(NC(=O)C(CCC(N)=O)NC(=O)C(N)CCC(N)=O)C1O.CCC1OC(O)C(NC(=O)CCC(NC(=O)C(N)CCC(N)=O)C(N)=O)C(O)C1O. The molecule has 14 unspecified atom stereocenters. The molecule has 26 heteroatoms. The fourth-order valence-corrected chi connectivity index (χ4v) is 5.96. The first-order valence-corrected chi connectivity index (χ1v) is 19.1. The van der Waals surface area contributed by atoms with Crippen molar-refractivity contribution in [3.63, 3.8) is 0 Å². The van der Waals surface area contributed by atoms with E-state index in [1.165, 1.54) is 0 Å². The van der Waals surface area contributed by atoms with Crippen LogP contribution in [0.3, 0.4) is 0 Å². The van der Waals surface area contributed by atoms with Crippen LogP contribution in [-0.2, 0) is 47.8 Å². The molecule has 0 aliphatic carbocycles. The minimum absolute atomic E-state index is 0.0222. The summed E-state index contributed by atoms with van der Waals surface area (Å²) in [6.45, 7) is 2.83. The van der Waals surface area contributed by atoms with Crippen molar-refractivity contribution in [2.75, 3.05) is 6.61 Å². The van der Waals surface area contributed by atoms with Crippen LogP contribution in [-0.4, -0.2) is 164 Å². The largest absolute Gasteiger partial charge is 0.394 e. The van der Waals surface area contributed by atoms with Crippen LogP contribution in [0.5, 0.6) is 0 Å². The van der Waals surface area contributed by atoms with Crippen LogP contribution in [0, 0.1) is 5.92 Å². The number of hydrogen-bond donors (Lipinski definition) is 16. The van der Waals surface area contributed by atoms with Crippen molar-refractivity contribution >= 4 is 47.3 Å². The second kappa shape index (κ2) is 25.9. The summed E-state index contributed by atoms with van der Waals surface area (Å²) in [6.07, 6.45) is -9.60. The van der Waals surface area contributed by atoms with Crippen LogP contribution in [0.4, 0.5) is 0 Å². The van der Waals surface area contributed by atoms with Gasteiger partial charge in [0.2, 0.25) is 47.3 Å². The number of carbonyl (C=O) groups is 8. The molecule has 344 valence electrons. The smallest absolute Gasteiger partial charge is 0.243 e. The Balaban J connectivity index is 0.000000600. The molecule has 2 saturated heterocycles. The van der Waals surface area contributed by atoms with Crippen LogP contribution in [0.25, 0.3) is 0 Å². The first kappa shape index (κ1) is 53.4. The van der Waals surface area contributed by atoms with E-state index in [2.05, 4.69) is 21.3 Å². The standard InChI is InChI=1S/2C17H31N5O8/c1-7-10(6-23)30-17(29)13(14(7)26)22-16(28)9(3-5-12(20)25)21-15(27)8(18)2-4-11(19)24;1-2-9-13(25)14(26)12(17(29)30-9)22-11(24)6-4-8(15(20)27)21-16(28)7(18)3-5-10(19)23/h7-10,13-14,17,23,26,29H,2-6,18H2,1H3,(H2,19,24)(H2,20,25)(H,21,27)(H,22,28);7-9,12-14,17,25-26,29H,2-6,18H2,1H3,(H2,19,23)(H2,20,27)(H,21,28)(H,22,24). The lowest BCUT2D eigenvalue weighted by Crippen LogP contribution is -2.63. The second-order valence-corrected chi connectivity index (χ2v) is 14.5. The molecule has 2 heterocycles. The molecule has 26 nitrogen and oxygen atoms in total. The van der Waals surface area contributed by atoms with Crippen LogP contribution in [0.2, 0.25) is 0 Å². The van der Waals surface area contributed by atoms with Crippen molar-refractivity contribution in [3.8, 4) is 0 Å². The number of hydrogen-bond acceptors (Lipinski definition) is 18. The quantitative estimate of drug-likeness (QED) is 0.0480. The van der Waals surface area contributed by atoms with Crippen LogP contribution >= 0.6 is 0 Å². The molecular weight excluding hydrogens is 804 g/mol. The van der Waals surface area contributed by atoms with Crippen LogP contribution in [0.1, 0.15) is 71.6 Å². The molecule has 14 atom stereocenters. The van der Waals surface area contributed by atoms with Gasteiger partial charge >= 0.3 is 0 Å². The molecule has 0 aromatic carbocycles. The predicted molar refractivity (Wildman–Crippen MR) is 204 cm³/mol. The number of rotatable bonds is 22. The number of nitrogens with two attached hydrogens (primary N) is 6. The van der Waals surface area contributed by atoms with E-state index in [1.807, 2.05) is 0 Å². The molecule has 8 amide bonds. The lowest BCUT2D eigenvalue weighted by atomic mass is 9.89. The summed E-state index contributed by atoms with van der Waals surface area (Å²) >= 11 is 0. The van der Waals surface area contributed by atoms with Gasteiger partial charge in [-0.2, -0.15) is 0 Å². The third-order valence-corrected chi connectivity index (χ3v) is 9.76. The highest BCUT2D eigenvalue weighted by atomic mass is 16.6. The fourth-order valence-electron chi connectivity index (χ4n) is 5.96. The number of aliphatic hydroxyl groups is 6. The lowest BCUT2D eigenvalue weighted by molar-refractivity contribution is -0.247. The number of aliphatic hydroxyl groups excluding tert-OH is 6. The Hall–Kier alpha value is -4.64. The molecule has 2 aliphatic rings. The van der Waals surface area contributed by atoms with Crippen molar-refractivity contribution in [1.29, 1.82) is 0 Å². The summed E-state index contributed by atoms with van der Waals surface area (Å²) in [5.41, 5.74) is 31.6. The maximum absolute atomic E-state index is 12.7. The number of amides is 8. The average molecular weight is 867 g/mol. The Morgan fingerprint density at radius 3 is 1.47 bits per heavy atom. The highest BCUT2D eigenvalue weighted by Gasteiger charge is 2.45. The molecule has 2 rings (SSSR count). The summed E-state index contributed by atoms with van der Waals surface area (Å²) in [5.74, 6) is -6.47. The van der Waals surface area contributed by atoms with Gasteiger partial charge in [-0.1, -0.05) is 13.8 Å². The van der Waals surface area contributed by atoms with Crippen LogP contribution in [0.15, 0.2) is 0 Å². The highest BCUT2D eigenvalue weighted by molar-refractivity contribution is 5.91. The molecule has 0 spiro atoms. The molecule has 2 aliphatic heterocycles. The molecule has 2 fully saturated rings. The van der Waals surface area contributed by atoms with Gasteiger partial charge in [0, 0.05) is 31.6 Å². The van der Waals surface area contributed by atoms with E-state index in [9.17, 15) is 69.0 Å². The maximum Gasteiger partial charge on any atom is 0.243 e. The molecule has 60 heavy (non-hydrogen) atoms. The van der Waals surface area contributed by atoms with Gasteiger partial charge in [-0.3, -0.25) is 38.4 Å². The van der Waals surface area contributed by atoms with Gasteiger partial charge in [-0.05, 0) is 32.1 Å². The zero-order chi connectivity index (χ0) is 46.0. The van der Waals surface area contributed by atoms with E-state index < -0.39 is 139 Å². The van der Waals surface area contributed by atoms with Crippen molar-refractivity contribution in [2.45, 2.75) is 151 Å². The Kier molecular flexibility index (Phi) is 23.0. The molecule has 22 N–H and O–H groups in total. The molecular formula is C34H62N10O16.